The van der Waals surface area contributed by atoms with Crippen molar-refractivity contribution in [1.82, 2.24) is 4.98 Å². The second-order valence-electron chi connectivity index (χ2n) is 5.00. The molecule has 0 aliphatic heterocycles. The predicted molar refractivity (Wildman–Crippen MR) is 79.7 cm³/mol. The van der Waals surface area contributed by atoms with E-state index in [0.717, 1.165) is 45.4 Å². The van der Waals surface area contributed by atoms with E-state index >= 15 is 0 Å². The van der Waals surface area contributed by atoms with Gasteiger partial charge in [0.1, 0.15) is 0 Å². The largest absolute Gasteiger partial charge is 0.481 e. The highest BCUT2D eigenvalue weighted by molar-refractivity contribution is 9.10. The topological polar surface area (TPSA) is 50.2 Å². The molecule has 1 heterocycles. The Morgan fingerprint density at radius 1 is 1.37 bits per heavy atom. The van der Waals surface area contributed by atoms with E-state index in [1.54, 1.807) is 11.3 Å². The molecule has 1 aliphatic carbocycles. The molecule has 1 aromatic heterocycles. The lowest BCUT2D eigenvalue weighted by Crippen LogP contribution is -2.25. The summed E-state index contributed by atoms with van der Waals surface area (Å²) in [6, 6.07) is 6.03. The fourth-order valence-electron chi connectivity index (χ4n) is 2.80. The molecular formula is C14H14BrNO2S. The van der Waals surface area contributed by atoms with Gasteiger partial charge in [-0.1, -0.05) is 28.8 Å². The van der Waals surface area contributed by atoms with E-state index in [1.165, 1.54) is 0 Å². The number of fused-ring (bicyclic) bond motifs is 1. The van der Waals surface area contributed by atoms with Crippen LogP contribution in [0.1, 0.15) is 36.6 Å². The molecule has 1 aromatic carbocycles. The molecule has 100 valence electrons. The van der Waals surface area contributed by atoms with Gasteiger partial charge in [-0.2, -0.15) is 0 Å². The van der Waals surface area contributed by atoms with Gasteiger partial charge in [-0.05, 0) is 31.0 Å². The first-order valence-electron chi connectivity index (χ1n) is 6.44. The molecular weight excluding hydrogens is 326 g/mol. The van der Waals surface area contributed by atoms with Crippen LogP contribution >= 0.6 is 27.3 Å². The van der Waals surface area contributed by atoms with Crippen LogP contribution in [0.4, 0.5) is 0 Å². The van der Waals surface area contributed by atoms with Gasteiger partial charge in [0, 0.05) is 10.4 Å². The molecule has 0 spiro atoms. The minimum absolute atomic E-state index is 0.0856. The standard InChI is InChI=1S/C14H14BrNO2S/c15-8-5-6-12-11(7-8)16-13(19-12)9-3-1-2-4-10(9)14(17)18/h5-7,9-10H,1-4H2,(H,17,18). The van der Waals surface area contributed by atoms with Crippen LogP contribution < -0.4 is 0 Å². The first-order valence-corrected chi connectivity index (χ1v) is 8.05. The summed E-state index contributed by atoms with van der Waals surface area (Å²) in [6.07, 6.45) is 3.84. The first-order chi connectivity index (χ1) is 9.15. The van der Waals surface area contributed by atoms with Gasteiger partial charge >= 0.3 is 5.97 Å². The number of aromatic nitrogens is 1. The third kappa shape index (κ3) is 2.54. The summed E-state index contributed by atoms with van der Waals surface area (Å²) < 4.78 is 2.14. The minimum atomic E-state index is -0.676. The smallest absolute Gasteiger partial charge is 0.307 e. The first kappa shape index (κ1) is 13.1. The number of aliphatic carboxylic acids is 1. The molecule has 0 radical (unpaired) electrons. The second kappa shape index (κ2) is 5.21. The van der Waals surface area contributed by atoms with E-state index in [1.807, 2.05) is 18.2 Å². The number of hydrogen-bond donors (Lipinski definition) is 1. The highest BCUT2D eigenvalue weighted by Crippen LogP contribution is 2.41. The van der Waals surface area contributed by atoms with Crippen molar-refractivity contribution in [1.29, 1.82) is 0 Å². The number of rotatable bonds is 2. The number of benzene rings is 1. The lowest BCUT2D eigenvalue weighted by molar-refractivity contribution is -0.143. The van der Waals surface area contributed by atoms with Gasteiger partial charge in [-0.15, -0.1) is 11.3 Å². The zero-order chi connectivity index (χ0) is 13.4. The van der Waals surface area contributed by atoms with Crippen molar-refractivity contribution in [2.24, 2.45) is 5.92 Å². The van der Waals surface area contributed by atoms with Crippen LogP contribution in [-0.2, 0) is 4.79 Å². The van der Waals surface area contributed by atoms with Crippen LogP contribution in [0, 0.1) is 5.92 Å². The maximum absolute atomic E-state index is 11.4. The van der Waals surface area contributed by atoms with Crippen molar-refractivity contribution in [3.05, 3.63) is 27.7 Å². The van der Waals surface area contributed by atoms with Gasteiger partial charge in [-0.3, -0.25) is 4.79 Å². The van der Waals surface area contributed by atoms with Crippen molar-refractivity contribution in [3.8, 4) is 0 Å². The monoisotopic (exact) mass is 339 g/mol. The summed E-state index contributed by atoms with van der Waals surface area (Å²) >= 11 is 5.08. The summed E-state index contributed by atoms with van der Waals surface area (Å²) in [5, 5.41) is 10.3. The van der Waals surface area contributed by atoms with Gasteiger partial charge in [0.15, 0.2) is 0 Å². The lowest BCUT2D eigenvalue weighted by atomic mass is 9.79. The molecule has 0 amide bonds. The molecule has 5 heteroatoms. The summed E-state index contributed by atoms with van der Waals surface area (Å²) in [7, 11) is 0. The van der Waals surface area contributed by atoms with E-state index in [4.69, 9.17) is 0 Å². The van der Waals surface area contributed by atoms with Crippen LogP contribution in [0.2, 0.25) is 0 Å². The fourth-order valence-corrected chi connectivity index (χ4v) is 4.30. The van der Waals surface area contributed by atoms with Crippen molar-refractivity contribution in [2.45, 2.75) is 31.6 Å². The van der Waals surface area contributed by atoms with Crippen LogP contribution in [0.5, 0.6) is 0 Å². The molecule has 1 aliphatic rings. The highest BCUT2D eigenvalue weighted by atomic mass is 79.9. The lowest BCUT2D eigenvalue weighted by Gasteiger charge is -2.26. The van der Waals surface area contributed by atoms with Gasteiger partial charge in [0.2, 0.25) is 0 Å². The van der Waals surface area contributed by atoms with E-state index < -0.39 is 5.97 Å². The number of hydrogen-bond acceptors (Lipinski definition) is 3. The molecule has 1 fully saturated rings. The van der Waals surface area contributed by atoms with Gasteiger partial charge in [0.25, 0.3) is 0 Å². The Hall–Kier alpha value is -0.940. The summed E-state index contributed by atoms with van der Waals surface area (Å²) in [6.45, 7) is 0. The molecule has 0 bridgehead atoms. The van der Waals surface area contributed by atoms with Crippen LogP contribution in [0.25, 0.3) is 10.2 Å². The zero-order valence-electron chi connectivity index (χ0n) is 10.3. The number of carboxylic acid groups (broad SMARTS) is 1. The maximum Gasteiger partial charge on any atom is 0.307 e. The Morgan fingerprint density at radius 3 is 2.95 bits per heavy atom. The van der Waals surface area contributed by atoms with Crippen LogP contribution in [-0.4, -0.2) is 16.1 Å². The highest BCUT2D eigenvalue weighted by Gasteiger charge is 2.33. The van der Waals surface area contributed by atoms with E-state index in [9.17, 15) is 9.90 Å². The Kier molecular flexibility index (Phi) is 3.58. The number of carboxylic acids is 1. The fraction of sp³-hybridized carbons (Fsp3) is 0.429. The third-order valence-corrected chi connectivity index (χ3v) is 5.43. The molecule has 0 saturated heterocycles. The molecule has 3 rings (SSSR count). The molecule has 1 saturated carbocycles. The number of thiazole rings is 1. The number of carbonyl (C=O) groups is 1. The SMILES string of the molecule is O=C(O)C1CCCCC1c1nc2cc(Br)ccc2s1. The van der Waals surface area contributed by atoms with Gasteiger partial charge < -0.3 is 5.11 Å². The van der Waals surface area contributed by atoms with Crippen LogP contribution in [0.3, 0.4) is 0 Å². The van der Waals surface area contributed by atoms with Crippen LogP contribution in [0.15, 0.2) is 22.7 Å². The Morgan fingerprint density at radius 2 is 2.16 bits per heavy atom. The molecule has 1 N–H and O–H groups in total. The van der Waals surface area contributed by atoms with E-state index in [2.05, 4.69) is 20.9 Å². The molecule has 2 aromatic rings. The van der Waals surface area contributed by atoms with Gasteiger partial charge in [-0.25, -0.2) is 4.98 Å². The van der Waals surface area contributed by atoms with Gasteiger partial charge in [0.05, 0.1) is 21.1 Å². The van der Waals surface area contributed by atoms with Crippen molar-refractivity contribution in [3.63, 3.8) is 0 Å². The molecule has 2 unspecified atom stereocenters. The Labute approximate surface area is 123 Å². The van der Waals surface area contributed by atoms with Crippen molar-refractivity contribution < 1.29 is 9.90 Å². The van der Waals surface area contributed by atoms with E-state index in [-0.39, 0.29) is 11.8 Å². The van der Waals surface area contributed by atoms with Crippen molar-refractivity contribution in [2.75, 3.05) is 0 Å². The Bertz CT molecular complexity index is 625. The number of halogens is 1. The Balaban J connectivity index is 1.99. The van der Waals surface area contributed by atoms with Crippen molar-refractivity contribution >= 4 is 43.5 Å². The zero-order valence-corrected chi connectivity index (χ0v) is 12.7. The third-order valence-electron chi connectivity index (χ3n) is 3.77. The summed E-state index contributed by atoms with van der Waals surface area (Å²) in [4.78, 5) is 16.0. The predicted octanol–water partition coefficient (Wildman–Crippen LogP) is 4.42. The summed E-state index contributed by atoms with van der Waals surface area (Å²) in [5.41, 5.74) is 0.962. The molecule has 19 heavy (non-hydrogen) atoms. The maximum atomic E-state index is 11.4. The average Bonchev–Trinajstić information content (AvgIpc) is 2.81. The normalized spacial score (nSPS) is 23.6. The summed E-state index contributed by atoms with van der Waals surface area (Å²) in [5.74, 6) is -0.856. The number of nitrogens with zero attached hydrogens (tertiary/aromatic N) is 1. The molecule has 2 atom stereocenters. The van der Waals surface area contributed by atoms with E-state index in [0.29, 0.717) is 0 Å². The second-order valence-corrected chi connectivity index (χ2v) is 6.98. The minimum Gasteiger partial charge on any atom is -0.481 e. The average molecular weight is 340 g/mol. The molecule has 3 nitrogen and oxygen atoms in total. The quantitative estimate of drug-likeness (QED) is 0.881.